The average molecular weight is 377 g/mol. The lowest BCUT2D eigenvalue weighted by Gasteiger charge is -2.28. The molecule has 2 N–H and O–H groups in total. The van der Waals surface area contributed by atoms with Gasteiger partial charge in [0.15, 0.2) is 11.5 Å². The van der Waals surface area contributed by atoms with Crippen molar-refractivity contribution in [1.29, 1.82) is 0 Å². The van der Waals surface area contributed by atoms with Crippen LogP contribution in [-0.4, -0.2) is 32.7 Å². The predicted octanol–water partition coefficient (Wildman–Crippen LogP) is 4.08. The summed E-state index contributed by atoms with van der Waals surface area (Å²) in [5, 5.41) is 6.52. The number of piperidine rings is 1. The third-order valence-corrected chi connectivity index (χ3v) is 5.52. The van der Waals surface area contributed by atoms with Gasteiger partial charge in [-0.2, -0.15) is 0 Å². The lowest BCUT2D eigenvalue weighted by atomic mass is 9.84. The molecule has 1 fully saturated rings. The third kappa shape index (κ3) is 6.73. The average Bonchev–Trinajstić information content (AvgIpc) is 2.68. The number of rotatable bonds is 10. The molecule has 0 saturated carbocycles. The number of methoxy groups -OCH3 is 1. The monoisotopic (exact) mass is 376 g/mol. The molecule has 1 aliphatic rings. The quantitative estimate of drug-likeness (QED) is 0.604. The summed E-state index contributed by atoms with van der Waals surface area (Å²) in [6.07, 6.45) is 5.04. The van der Waals surface area contributed by atoms with E-state index in [1.807, 2.05) is 25.1 Å². The Morgan fingerprint density at radius 2 is 2.00 bits per heavy atom. The number of benzene rings is 1. The van der Waals surface area contributed by atoms with Gasteiger partial charge in [0.1, 0.15) is 0 Å². The molecule has 152 valence electrons. The summed E-state index contributed by atoms with van der Waals surface area (Å²) in [5.41, 5.74) is 1.03. The maximum atomic E-state index is 12.5. The standard InChI is InChI=1S/C22H36N2O3/c1-5-6-13-27-20-8-7-19(15-21(20)26-4)17(3)24-22(25)14-16(2)18-9-11-23-12-10-18/h7-8,15-18,23H,5-6,9-14H2,1-4H3,(H,24,25). The fourth-order valence-corrected chi connectivity index (χ4v) is 3.66. The third-order valence-electron chi connectivity index (χ3n) is 5.52. The number of ether oxygens (including phenoxy) is 2. The van der Waals surface area contributed by atoms with Crippen molar-refractivity contribution in [3.63, 3.8) is 0 Å². The smallest absolute Gasteiger partial charge is 0.220 e. The first-order chi connectivity index (χ1) is 13.0. The first kappa shape index (κ1) is 21.5. The van der Waals surface area contributed by atoms with Crippen LogP contribution in [0.5, 0.6) is 11.5 Å². The predicted molar refractivity (Wildman–Crippen MR) is 109 cm³/mol. The van der Waals surface area contributed by atoms with E-state index in [-0.39, 0.29) is 11.9 Å². The Morgan fingerprint density at radius 1 is 1.26 bits per heavy atom. The van der Waals surface area contributed by atoms with Gasteiger partial charge in [-0.3, -0.25) is 4.79 Å². The molecule has 1 aromatic rings. The first-order valence-electron chi connectivity index (χ1n) is 10.4. The highest BCUT2D eigenvalue weighted by Gasteiger charge is 2.23. The SMILES string of the molecule is CCCCOc1ccc(C(C)NC(=O)CC(C)C2CCNCC2)cc1OC. The number of carbonyl (C=O) groups excluding carboxylic acids is 1. The number of amides is 1. The van der Waals surface area contributed by atoms with Crippen molar-refractivity contribution in [1.82, 2.24) is 10.6 Å². The van der Waals surface area contributed by atoms with Gasteiger partial charge in [-0.05, 0) is 68.8 Å². The Hall–Kier alpha value is -1.75. The van der Waals surface area contributed by atoms with Gasteiger partial charge >= 0.3 is 0 Å². The molecule has 0 bridgehead atoms. The van der Waals surface area contributed by atoms with Crippen LogP contribution in [0.15, 0.2) is 18.2 Å². The minimum absolute atomic E-state index is 0.0590. The summed E-state index contributed by atoms with van der Waals surface area (Å²) < 4.78 is 11.3. The van der Waals surface area contributed by atoms with Gasteiger partial charge in [-0.25, -0.2) is 0 Å². The van der Waals surface area contributed by atoms with Gasteiger partial charge in [-0.15, -0.1) is 0 Å². The molecule has 1 amide bonds. The van der Waals surface area contributed by atoms with E-state index in [0.717, 1.165) is 37.2 Å². The Kier molecular flexibility index (Phi) is 8.92. The minimum atomic E-state index is -0.0590. The van der Waals surface area contributed by atoms with Crippen LogP contribution in [0.25, 0.3) is 0 Å². The van der Waals surface area contributed by atoms with Crippen LogP contribution in [0.2, 0.25) is 0 Å². The number of hydrogen-bond acceptors (Lipinski definition) is 4. The molecule has 1 aromatic carbocycles. The molecule has 5 heteroatoms. The highest BCUT2D eigenvalue weighted by atomic mass is 16.5. The highest BCUT2D eigenvalue weighted by molar-refractivity contribution is 5.76. The van der Waals surface area contributed by atoms with E-state index < -0.39 is 0 Å². The normalized spacial score (nSPS) is 17.2. The lowest BCUT2D eigenvalue weighted by molar-refractivity contribution is -0.123. The van der Waals surface area contributed by atoms with E-state index in [4.69, 9.17) is 9.47 Å². The molecule has 27 heavy (non-hydrogen) atoms. The second-order valence-corrected chi connectivity index (χ2v) is 7.67. The van der Waals surface area contributed by atoms with Gasteiger partial charge in [0, 0.05) is 6.42 Å². The van der Waals surface area contributed by atoms with Gasteiger partial charge in [0.25, 0.3) is 0 Å². The topological polar surface area (TPSA) is 59.6 Å². The molecule has 2 atom stereocenters. The van der Waals surface area contributed by atoms with Crippen molar-refractivity contribution < 1.29 is 14.3 Å². The molecule has 0 spiro atoms. The van der Waals surface area contributed by atoms with E-state index >= 15 is 0 Å². The summed E-state index contributed by atoms with van der Waals surface area (Å²) in [6, 6.07) is 5.84. The summed E-state index contributed by atoms with van der Waals surface area (Å²) >= 11 is 0. The number of hydrogen-bond donors (Lipinski definition) is 2. The molecule has 2 unspecified atom stereocenters. The van der Waals surface area contributed by atoms with Gasteiger partial charge < -0.3 is 20.1 Å². The summed E-state index contributed by atoms with van der Waals surface area (Å²) in [6.45, 7) is 9.18. The fraction of sp³-hybridized carbons (Fsp3) is 0.682. The van der Waals surface area contributed by atoms with E-state index in [0.29, 0.717) is 30.6 Å². The maximum absolute atomic E-state index is 12.5. The van der Waals surface area contributed by atoms with Crippen LogP contribution < -0.4 is 20.1 Å². The van der Waals surface area contributed by atoms with Crippen LogP contribution in [0.3, 0.4) is 0 Å². The zero-order valence-electron chi connectivity index (χ0n) is 17.3. The zero-order valence-corrected chi connectivity index (χ0v) is 17.3. The van der Waals surface area contributed by atoms with Crippen molar-refractivity contribution >= 4 is 5.91 Å². The van der Waals surface area contributed by atoms with Crippen molar-refractivity contribution in [2.45, 2.75) is 58.9 Å². The maximum Gasteiger partial charge on any atom is 0.220 e. The Labute approximate surface area is 164 Å². The second kappa shape index (κ2) is 11.2. The highest BCUT2D eigenvalue weighted by Crippen LogP contribution is 2.31. The fourth-order valence-electron chi connectivity index (χ4n) is 3.66. The van der Waals surface area contributed by atoms with E-state index in [2.05, 4.69) is 24.5 Å². The lowest BCUT2D eigenvalue weighted by Crippen LogP contribution is -2.34. The van der Waals surface area contributed by atoms with Crippen LogP contribution in [0.1, 0.15) is 64.5 Å². The molecule has 0 radical (unpaired) electrons. The van der Waals surface area contributed by atoms with Gasteiger partial charge in [0.05, 0.1) is 19.8 Å². The van der Waals surface area contributed by atoms with Crippen LogP contribution in [0, 0.1) is 11.8 Å². The van der Waals surface area contributed by atoms with Gasteiger partial charge in [0.2, 0.25) is 5.91 Å². The molecule has 1 saturated heterocycles. The number of unbranched alkanes of at least 4 members (excludes halogenated alkanes) is 1. The molecule has 2 rings (SSSR count). The minimum Gasteiger partial charge on any atom is -0.493 e. The molecular formula is C22H36N2O3. The van der Waals surface area contributed by atoms with E-state index in [1.165, 1.54) is 12.8 Å². The second-order valence-electron chi connectivity index (χ2n) is 7.67. The van der Waals surface area contributed by atoms with E-state index in [9.17, 15) is 4.79 Å². The number of carbonyl (C=O) groups is 1. The molecule has 1 heterocycles. The molecular weight excluding hydrogens is 340 g/mol. The largest absolute Gasteiger partial charge is 0.493 e. The Bertz CT molecular complexity index is 585. The van der Waals surface area contributed by atoms with Crippen molar-refractivity contribution in [3.8, 4) is 11.5 Å². The van der Waals surface area contributed by atoms with Gasteiger partial charge in [-0.1, -0.05) is 26.3 Å². The zero-order chi connectivity index (χ0) is 19.6. The summed E-state index contributed by atoms with van der Waals surface area (Å²) in [5.74, 6) is 2.66. The van der Waals surface area contributed by atoms with Crippen molar-refractivity contribution in [2.24, 2.45) is 11.8 Å². The molecule has 0 aliphatic carbocycles. The first-order valence-corrected chi connectivity index (χ1v) is 10.4. The Balaban J connectivity index is 1.89. The van der Waals surface area contributed by atoms with Crippen molar-refractivity contribution in [3.05, 3.63) is 23.8 Å². The molecule has 0 aromatic heterocycles. The number of nitrogens with one attached hydrogen (secondary N) is 2. The van der Waals surface area contributed by atoms with Crippen LogP contribution >= 0.6 is 0 Å². The van der Waals surface area contributed by atoms with Crippen LogP contribution in [-0.2, 0) is 4.79 Å². The summed E-state index contributed by atoms with van der Waals surface area (Å²) in [7, 11) is 1.65. The summed E-state index contributed by atoms with van der Waals surface area (Å²) in [4.78, 5) is 12.5. The van der Waals surface area contributed by atoms with Crippen molar-refractivity contribution in [2.75, 3.05) is 26.8 Å². The van der Waals surface area contributed by atoms with E-state index in [1.54, 1.807) is 7.11 Å². The Morgan fingerprint density at radius 3 is 2.67 bits per heavy atom. The molecule has 5 nitrogen and oxygen atoms in total. The van der Waals surface area contributed by atoms with Crippen LogP contribution in [0.4, 0.5) is 0 Å². The molecule has 1 aliphatic heterocycles.